The molecule has 0 saturated heterocycles. The van der Waals surface area contributed by atoms with Crippen LogP contribution < -0.4 is 15.2 Å². The van der Waals surface area contributed by atoms with E-state index in [1.807, 2.05) is 42.6 Å². The van der Waals surface area contributed by atoms with Gasteiger partial charge in [0.25, 0.3) is 0 Å². The van der Waals surface area contributed by atoms with E-state index < -0.39 is 0 Å². The summed E-state index contributed by atoms with van der Waals surface area (Å²) in [6.45, 7) is 0. The Balaban J connectivity index is 1.92. The van der Waals surface area contributed by atoms with Crippen molar-refractivity contribution >= 4 is 11.5 Å². The van der Waals surface area contributed by atoms with Crippen LogP contribution >= 0.6 is 0 Å². The molecule has 0 amide bonds. The molecule has 3 heterocycles. The van der Waals surface area contributed by atoms with E-state index in [1.165, 1.54) is 0 Å². The number of benzene rings is 1. The van der Waals surface area contributed by atoms with Crippen molar-refractivity contribution in [2.75, 3.05) is 20.0 Å². The first-order valence-corrected chi connectivity index (χ1v) is 7.99. The van der Waals surface area contributed by atoms with Crippen molar-refractivity contribution < 1.29 is 9.47 Å². The van der Waals surface area contributed by atoms with E-state index >= 15 is 0 Å². The van der Waals surface area contributed by atoms with Gasteiger partial charge in [-0.2, -0.15) is 0 Å². The normalized spacial score (nSPS) is 10.8. The van der Waals surface area contributed by atoms with Crippen LogP contribution in [0.4, 0.5) is 5.82 Å². The van der Waals surface area contributed by atoms with Gasteiger partial charge in [-0.1, -0.05) is 12.1 Å². The third kappa shape index (κ3) is 2.50. The Morgan fingerprint density at radius 2 is 1.69 bits per heavy atom. The lowest BCUT2D eigenvalue weighted by Gasteiger charge is -2.13. The summed E-state index contributed by atoms with van der Waals surface area (Å²) in [5.41, 5.74) is 9.82. The van der Waals surface area contributed by atoms with Crippen molar-refractivity contribution in [3.63, 3.8) is 0 Å². The van der Waals surface area contributed by atoms with Crippen molar-refractivity contribution in [1.29, 1.82) is 0 Å². The minimum atomic E-state index is 0.375. The van der Waals surface area contributed by atoms with Crippen LogP contribution in [0.5, 0.6) is 11.5 Å². The van der Waals surface area contributed by atoms with Crippen LogP contribution in [0, 0.1) is 0 Å². The maximum atomic E-state index is 6.12. The van der Waals surface area contributed by atoms with Gasteiger partial charge in [0.1, 0.15) is 11.5 Å². The van der Waals surface area contributed by atoms with Gasteiger partial charge in [-0.3, -0.25) is 4.98 Å². The molecule has 0 aliphatic rings. The fourth-order valence-electron chi connectivity index (χ4n) is 2.97. The van der Waals surface area contributed by atoms with Crippen molar-refractivity contribution in [3.8, 4) is 33.9 Å². The van der Waals surface area contributed by atoms with Gasteiger partial charge < -0.3 is 15.2 Å². The Morgan fingerprint density at radius 1 is 0.923 bits per heavy atom. The first-order chi connectivity index (χ1) is 12.7. The van der Waals surface area contributed by atoms with Gasteiger partial charge >= 0.3 is 0 Å². The lowest BCUT2D eigenvalue weighted by Crippen LogP contribution is -1.97. The quantitative estimate of drug-likeness (QED) is 0.610. The van der Waals surface area contributed by atoms with Gasteiger partial charge in [-0.05, 0) is 24.3 Å². The zero-order valence-corrected chi connectivity index (χ0v) is 14.4. The van der Waals surface area contributed by atoms with Crippen molar-refractivity contribution in [1.82, 2.24) is 19.6 Å². The zero-order chi connectivity index (χ0) is 18.1. The molecule has 0 unspecified atom stereocenters. The maximum absolute atomic E-state index is 6.12. The lowest BCUT2D eigenvalue weighted by molar-refractivity contribution is 0.397. The molecule has 4 aromatic rings. The average molecular weight is 347 g/mol. The third-order valence-corrected chi connectivity index (χ3v) is 4.14. The molecule has 0 aliphatic heterocycles. The molecule has 1 aromatic carbocycles. The molecule has 0 saturated carbocycles. The van der Waals surface area contributed by atoms with Crippen LogP contribution in [0.1, 0.15) is 0 Å². The van der Waals surface area contributed by atoms with Crippen molar-refractivity contribution in [3.05, 3.63) is 55.0 Å². The zero-order valence-electron chi connectivity index (χ0n) is 14.4. The predicted octanol–water partition coefficient (Wildman–Crippen LogP) is 3.06. The SMILES string of the molecule is COc1cccc(OC)c1-c1cnc2c(-c3ccccn3)c(N)nn2c1. The summed E-state index contributed by atoms with van der Waals surface area (Å²) in [7, 11) is 3.24. The van der Waals surface area contributed by atoms with E-state index in [0.29, 0.717) is 28.5 Å². The Kier molecular flexibility index (Phi) is 3.89. The highest BCUT2D eigenvalue weighted by Gasteiger charge is 2.18. The number of fused-ring (bicyclic) bond motifs is 1. The van der Waals surface area contributed by atoms with Crippen LogP contribution in [0.25, 0.3) is 28.0 Å². The summed E-state index contributed by atoms with van der Waals surface area (Å²) >= 11 is 0. The van der Waals surface area contributed by atoms with E-state index in [9.17, 15) is 0 Å². The Hall–Kier alpha value is -3.61. The summed E-state index contributed by atoms with van der Waals surface area (Å²) in [6, 6.07) is 11.3. The second kappa shape index (κ2) is 6.36. The van der Waals surface area contributed by atoms with Gasteiger partial charge in [0.2, 0.25) is 0 Å². The number of nitrogens with two attached hydrogens (primary N) is 1. The Morgan fingerprint density at radius 3 is 2.35 bits per heavy atom. The summed E-state index contributed by atoms with van der Waals surface area (Å²) in [5, 5.41) is 4.40. The molecule has 0 bridgehead atoms. The molecule has 7 nitrogen and oxygen atoms in total. The molecule has 0 aliphatic carbocycles. The molecule has 130 valence electrons. The monoisotopic (exact) mass is 347 g/mol. The molecule has 2 N–H and O–H groups in total. The lowest BCUT2D eigenvalue weighted by atomic mass is 10.1. The number of ether oxygens (including phenoxy) is 2. The molecular formula is C19H17N5O2. The predicted molar refractivity (Wildman–Crippen MR) is 99.2 cm³/mol. The van der Waals surface area contributed by atoms with Crippen LogP contribution in [0.3, 0.4) is 0 Å². The fraction of sp³-hybridized carbons (Fsp3) is 0.105. The molecule has 0 spiro atoms. The van der Waals surface area contributed by atoms with E-state index in [1.54, 1.807) is 31.1 Å². The summed E-state index contributed by atoms with van der Waals surface area (Å²) in [5.74, 6) is 1.76. The highest BCUT2D eigenvalue weighted by atomic mass is 16.5. The summed E-state index contributed by atoms with van der Waals surface area (Å²) in [4.78, 5) is 8.93. The summed E-state index contributed by atoms with van der Waals surface area (Å²) in [6.07, 6.45) is 5.32. The average Bonchev–Trinajstić information content (AvgIpc) is 3.02. The van der Waals surface area contributed by atoms with E-state index in [2.05, 4.69) is 15.1 Å². The number of anilines is 1. The smallest absolute Gasteiger partial charge is 0.166 e. The second-order valence-corrected chi connectivity index (χ2v) is 5.62. The highest BCUT2D eigenvalue weighted by molar-refractivity contribution is 5.85. The first-order valence-electron chi connectivity index (χ1n) is 7.99. The molecular weight excluding hydrogens is 330 g/mol. The molecule has 0 radical (unpaired) electrons. The standard InChI is InChI=1S/C19H17N5O2/c1-25-14-7-5-8-15(26-2)16(14)12-10-22-19-17(13-6-3-4-9-21-13)18(20)23-24(19)11-12/h3-11H,1-2H3,(H2,20,23). The minimum absolute atomic E-state index is 0.375. The Labute approximate surface area is 150 Å². The number of methoxy groups -OCH3 is 2. The van der Waals surface area contributed by atoms with Crippen LogP contribution in [0.15, 0.2) is 55.0 Å². The van der Waals surface area contributed by atoms with Gasteiger partial charge in [0, 0.05) is 24.2 Å². The largest absolute Gasteiger partial charge is 0.496 e. The highest BCUT2D eigenvalue weighted by Crippen LogP contribution is 2.38. The van der Waals surface area contributed by atoms with Gasteiger partial charge in [0.05, 0.1) is 31.0 Å². The second-order valence-electron chi connectivity index (χ2n) is 5.62. The van der Waals surface area contributed by atoms with Crippen LogP contribution in [0.2, 0.25) is 0 Å². The minimum Gasteiger partial charge on any atom is -0.496 e. The van der Waals surface area contributed by atoms with Gasteiger partial charge in [-0.15, -0.1) is 5.10 Å². The molecule has 7 heteroatoms. The maximum Gasteiger partial charge on any atom is 0.166 e. The molecule has 0 atom stereocenters. The molecule has 4 rings (SSSR count). The molecule has 26 heavy (non-hydrogen) atoms. The number of nitrogen functional groups attached to an aromatic ring is 1. The number of hydrogen-bond donors (Lipinski definition) is 1. The fourth-order valence-corrected chi connectivity index (χ4v) is 2.97. The molecule has 3 aromatic heterocycles. The molecule has 0 fully saturated rings. The van der Waals surface area contributed by atoms with Crippen LogP contribution in [-0.4, -0.2) is 33.8 Å². The van der Waals surface area contributed by atoms with Crippen LogP contribution in [-0.2, 0) is 0 Å². The van der Waals surface area contributed by atoms with Crippen molar-refractivity contribution in [2.24, 2.45) is 0 Å². The third-order valence-electron chi connectivity index (χ3n) is 4.14. The number of rotatable bonds is 4. The number of nitrogens with zero attached hydrogens (tertiary/aromatic N) is 4. The number of pyridine rings is 1. The van der Waals surface area contributed by atoms with Gasteiger partial charge in [-0.25, -0.2) is 9.50 Å². The van der Waals surface area contributed by atoms with E-state index in [-0.39, 0.29) is 0 Å². The van der Waals surface area contributed by atoms with Gasteiger partial charge in [0.15, 0.2) is 11.5 Å². The number of hydrogen-bond acceptors (Lipinski definition) is 6. The van der Waals surface area contributed by atoms with Crippen molar-refractivity contribution in [2.45, 2.75) is 0 Å². The Bertz CT molecular complexity index is 1050. The first kappa shape index (κ1) is 15.9. The topological polar surface area (TPSA) is 87.6 Å². The van der Waals surface area contributed by atoms with E-state index in [4.69, 9.17) is 15.2 Å². The summed E-state index contributed by atoms with van der Waals surface area (Å²) < 4.78 is 12.6. The van der Waals surface area contributed by atoms with E-state index in [0.717, 1.165) is 16.8 Å². The number of aromatic nitrogens is 4.